The van der Waals surface area contributed by atoms with E-state index in [0.29, 0.717) is 21.8 Å². The normalized spacial score (nSPS) is 12.1. The zero-order valence-corrected chi connectivity index (χ0v) is 14.4. The summed E-state index contributed by atoms with van der Waals surface area (Å²) in [4.78, 5) is 13.1. The molecule has 0 saturated carbocycles. The van der Waals surface area contributed by atoms with Gasteiger partial charge in [-0.05, 0) is 30.5 Å². The maximum absolute atomic E-state index is 12.2. The summed E-state index contributed by atoms with van der Waals surface area (Å²) < 4.78 is 5.57. The molecule has 0 radical (unpaired) electrons. The molecule has 118 valence electrons. The summed E-state index contributed by atoms with van der Waals surface area (Å²) in [5, 5.41) is 13.1. The van der Waals surface area contributed by atoms with Gasteiger partial charge in [-0.1, -0.05) is 41.6 Å². The first kappa shape index (κ1) is 16.0. The number of thioether (sulfide) groups is 1. The second-order valence-corrected chi connectivity index (χ2v) is 7.23. The van der Waals surface area contributed by atoms with Gasteiger partial charge in [0.15, 0.2) is 0 Å². The third-order valence-corrected chi connectivity index (χ3v) is 5.04. The molecule has 0 aliphatic heterocycles. The standard InChI is InChI=1S/C15H12ClN3O2S2/c1-9(13(20)17-11-6-3-2-5-10(11)16)23-15-19-18-14(21-15)12-7-4-8-22-12/h2-9H,1H3,(H,17,20)/t9-/m1/s1. The van der Waals surface area contributed by atoms with Gasteiger partial charge in [0.2, 0.25) is 5.91 Å². The van der Waals surface area contributed by atoms with Crippen LogP contribution >= 0.6 is 34.7 Å². The second kappa shape index (κ2) is 7.16. The molecule has 0 aliphatic carbocycles. The molecule has 2 heterocycles. The lowest BCUT2D eigenvalue weighted by molar-refractivity contribution is -0.115. The smallest absolute Gasteiger partial charge is 0.277 e. The van der Waals surface area contributed by atoms with Gasteiger partial charge in [0.05, 0.1) is 20.8 Å². The number of carbonyl (C=O) groups is 1. The number of amides is 1. The summed E-state index contributed by atoms with van der Waals surface area (Å²) in [6, 6.07) is 10.9. The van der Waals surface area contributed by atoms with E-state index in [-0.39, 0.29) is 5.91 Å². The van der Waals surface area contributed by atoms with E-state index in [1.54, 1.807) is 25.1 Å². The first-order valence-corrected chi connectivity index (χ1v) is 8.86. The molecule has 2 aromatic heterocycles. The van der Waals surface area contributed by atoms with Crippen LogP contribution in [0.4, 0.5) is 5.69 Å². The molecule has 1 aromatic carbocycles. The molecule has 1 amide bonds. The molecule has 0 saturated heterocycles. The third-order valence-electron chi connectivity index (χ3n) is 2.92. The van der Waals surface area contributed by atoms with Crippen LogP contribution < -0.4 is 5.32 Å². The minimum atomic E-state index is -0.400. The highest BCUT2D eigenvalue weighted by Gasteiger charge is 2.19. The lowest BCUT2D eigenvalue weighted by atomic mass is 10.3. The van der Waals surface area contributed by atoms with Crippen molar-refractivity contribution in [1.29, 1.82) is 0 Å². The van der Waals surface area contributed by atoms with Crippen LogP contribution in [-0.2, 0) is 4.79 Å². The first-order valence-electron chi connectivity index (χ1n) is 6.73. The Morgan fingerprint density at radius 3 is 2.87 bits per heavy atom. The van der Waals surface area contributed by atoms with Crippen LogP contribution in [0.25, 0.3) is 10.8 Å². The van der Waals surface area contributed by atoms with Crippen molar-refractivity contribution in [3.63, 3.8) is 0 Å². The maximum atomic E-state index is 12.2. The highest BCUT2D eigenvalue weighted by atomic mass is 35.5. The van der Waals surface area contributed by atoms with Crippen LogP contribution in [0.15, 0.2) is 51.4 Å². The van der Waals surface area contributed by atoms with Crippen LogP contribution in [0, 0.1) is 0 Å². The Balaban J connectivity index is 1.64. The van der Waals surface area contributed by atoms with E-state index in [1.807, 2.05) is 23.6 Å². The number of thiophene rings is 1. The molecule has 5 nitrogen and oxygen atoms in total. The molecular weight excluding hydrogens is 354 g/mol. The maximum Gasteiger partial charge on any atom is 0.277 e. The fraction of sp³-hybridized carbons (Fsp3) is 0.133. The van der Waals surface area contributed by atoms with Gasteiger partial charge in [-0.25, -0.2) is 0 Å². The molecule has 1 atom stereocenters. The summed E-state index contributed by atoms with van der Waals surface area (Å²) in [7, 11) is 0. The summed E-state index contributed by atoms with van der Waals surface area (Å²) in [6.07, 6.45) is 0. The van der Waals surface area contributed by atoms with Gasteiger partial charge in [-0.15, -0.1) is 21.5 Å². The highest BCUT2D eigenvalue weighted by molar-refractivity contribution is 8.00. The number of nitrogens with one attached hydrogen (secondary N) is 1. The Hall–Kier alpha value is -1.83. The van der Waals surface area contributed by atoms with Gasteiger partial charge < -0.3 is 9.73 Å². The number of para-hydroxylation sites is 1. The van der Waals surface area contributed by atoms with Gasteiger partial charge in [-0.3, -0.25) is 4.79 Å². The third kappa shape index (κ3) is 3.93. The number of aromatic nitrogens is 2. The Morgan fingerprint density at radius 1 is 1.30 bits per heavy atom. The number of hydrogen-bond donors (Lipinski definition) is 1. The van der Waals surface area contributed by atoms with Crippen molar-refractivity contribution in [2.24, 2.45) is 0 Å². The fourth-order valence-corrected chi connectivity index (χ4v) is 3.27. The minimum Gasteiger partial charge on any atom is -0.410 e. The van der Waals surface area contributed by atoms with Crippen molar-refractivity contribution < 1.29 is 9.21 Å². The van der Waals surface area contributed by atoms with Crippen LogP contribution in [0.5, 0.6) is 0 Å². The van der Waals surface area contributed by atoms with Crippen molar-refractivity contribution in [3.05, 3.63) is 46.8 Å². The van der Waals surface area contributed by atoms with Crippen LogP contribution in [-0.4, -0.2) is 21.4 Å². The number of rotatable bonds is 5. The van der Waals surface area contributed by atoms with Gasteiger partial charge in [0.1, 0.15) is 0 Å². The molecular formula is C15H12ClN3O2S2. The zero-order chi connectivity index (χ0) is 16.2. The molecule has 23 heavy (non-hydrogen) atoms. The van der Waals surface area contributed by atoms with E-state index in [2.05, 4.69) is 15.5 Å². The molecule has 0 spiro atoms. The Bertz CT molecular complexity index is 805. The van der Waals surface area contributed by atoms with E-state index in [4.69, 9.17) is 16.0 Å². The highest BCUT2D eigenvalue weighted by Crippen LogP contribution is 2.29. The molecule has 0 fully saturated rings. The predicted octanol–water partition coefficient (Wildman–Crippen LogP) is 4.57. The largest absolute Gasteiger partial charge is 0.410 e. The molecule has 0 unspecified atom stereocenters. The molecule has 8 heteroatoms. The van der Waals surface area contributed by atoms with Crippen LogP contribution in [0.3, 0.4) is 0 Å². The van der Waals surface area contributed by atoms with Gasteiger partial charge in [0, 0.05) is 0 Å². The molecule has 0 aliphatic rings. The SMILES string of the molecule is C[C@@H](Sc1nnc(-c2cccs2)o1)C(=O)Nc1ccccc1Cl. The first-order chi connectivity index (χ1) is 11.1. The topological polar surface area (TPSA) is 68.0 Å². The monoisotopic (exact) mass is 365 g/mol. The van der Waals surface area contributed by atoms with E-state index >= 15 is 0 Å². The molecule has 3 rings (SSSR count). The van der Waals surface area contributed by atoms with Gasteiger partial charge in [0.25, 0.3) is 11.1 Å². The van der Waals surface area contributed by atoms with E-state index in [0.717, 1.165) is 4.88 Å². The van der Waals surface area contributed by atoms with E-state index in [1.165, 1.54) is 23.1 Å². The number of carbonyl (C=O) groups excluding carboxylic acids is 1. The van der Waals surface area contributed by atoms with Gasteiger partial charge >= 0.3 is 0 Å². The number of benzene rings is 1. The summed E-state index contributed by atoms with van der Waals surface area (Å²) in [5.41, 5.74) is 0.580. The minimum absolute atomic E-state index is 0.182. The Kier molecular flexibility index (Phi) is 5.00. The number of halogens is 1. The second-order valence-electron chi connectivity index (χ2n) is 4.58. The zero-order valence-electron chi connectivity index (χ0n) is 12.0. The van der Waals surface area contributed by atoms with Crippen LogP contribution in [0.2, 0.25) is 5.02 Å². The van der Waals surface area contributed by atoms with Crippen molar-refractivity contribution in [2.75, 3.05) is 5.32 Å². The van der Waals surface area contributed by atoms with Crippen molar-refractivity contribution in [2.45, 2.75) is 17.4 Å². The fourth-order valence-electron chi connectivity index (χ4n) is 1.76. The quantitative estimate of drug-likeness (QED) is 0.671. The average molecular weight is 366 g/mol. The van der Waals surface area contributed by atoms with E-state index < -0.39 is 5.25 Å². The van der Waals surface area contributed by atoms with Crippen molar-refractivity contribution in [3.8, 4) is 10.8 Å². The number of anilines is 1. The summed E-state index contributed by atoms with van der Waals surface area (Å²) >= 11 is 8.75. The lowest BCUT2D eigenvalue weighted by Crippen LogP contribution is -2.22. The van der Waals surface area contributed by atoms with Crippen molar-refractivity contribution in [1.82, 2.24) is 10.2 Å². The Labute approximate surface area is 146 Å². The summed E-state index contributed by atoms with van der Waals surface area (Å²) in [5.74, 6) is 0.278. The molecule has 0 bridgehead atoms. The van der Waals surface area contributed by atoms with Crippen molar-refractivity contribution >= 4 is 46.3 Å². The van der Waals surface area contributed by atoms with Gasteiger partial charge in [-0.2, -0.15) is 0 Å². The summed E-state index contributed by atoms with van der Waals surface area (Å²) in [6.45, 7) is 1.77. The predicted molar refractivity (Wildman–Crippen MR) is 93.0 cm³/mol. The Morgan fingerprint density at radius 2 is 2.13 bits per heavy atom. The average Bonchev–Trinajstić information content (AvgIpc) is 3.20. The van der Waals surface area contributed by atoms with Crippen LogP contribution in [0.1, 0.15) is 6.92 Å². The number of nitrogens with zero attached hydrogens (tertiary/aromatic N) is 2. The molecule has 1 N–H and O–H groups in total. The number of hydrogen-bond acceptors (Lipinski definition) is 6. The lowest BCUT2D eigenvalue weighted by Gasteiger charge is -2.10. The van der Waals surface area contributed by atoms with E-state index in [9.17, 15) is 4.79 Å². The molecule has 3 aromatic rings.